The lowest BCUT2D eigenvalue weighted by atomic mass is 10.1. The Balaban J connectivity index is 2.17. The average Bonchev–Trinajstić information content (AvgIpc) is 2.64. The van der Waals surface area contributed by atoms with Gasteiger partial charge in [-0.25, -0.2) is 13.2 Å². The number of anilines is 1. The predicted octanol–water partition coefficient (Wildman–Crippen LogP) is 2.40. The molecular weight excluding hydrogens is 368 g/mol. The normalized spacial score (nSPS) is 12.1. The van der Waals surface area contributed by atoms with Crippen LogP contribution in [0.2, 0.25) is 0 Å². The van der Waals surface area contributed by atoms with Crippen LogP contribution in [0.25, 0.3) is 0 Å². The quantitative estimate of drug-likeness (QED) is 0.738. The van der Waals surface area contributed by atoms with E-state index in [1.807, 2.05) is 19.9 Å². The maximum Gasteiger partial charge on any atom is 0.338 e. The Morgan fingerprint density at radius 1 is 1.04 bits per heavy atom. The van der Waals surface area contributed by atoms with E-state index in [-0.39, 0.29) is 10.5 Å². The fourth-order valence-electron chi connectivity index (χ4n) is 2.32. The topological polar surface area (TPSA) is 102 Å². The molecule has 0 unspecified atom stereocenters. The van der Waals surface area contributed by atoms with Crippen LogP contribution in [0.15, 0.2) is 47.4 Å². The van der Waals surface area contributed by atoms with Crippen molar-refractivity contribution in [2.24, 2.45) is 0 Å². The van der Waals surface area contributed by atoms with Crippen LogP contribution in [0.3, 0.4) is 0 Å². The Morgan fingerprint density at radius 2 is 1.67 bits per heavy atom. The van der Waals surface area contributed by atoms with Gasteiger partial charge in [-0.2, -0.15) is 0 Å². The molecule has 0 saturated carbocycles. The summed E-state index contributed by atoms with van der Waals surface area (Å²) in [5, 5.41) is 2.38. The fraction of sp³-hybridized carbons (Fsp3) is 0.263. The number of aryl methyl sites for hydroxylation is 1. The fourth-order valence-corrected chi connectivity index (χ4v) is 3.44. The molecule has 0 aliphatic rings. The molecule has 0 radical (unpaired) electrons. The molecule has 0 aliphatic carbocycles. The number of rotatable bonds is 6. The zero-order valence-electron chi connectivity index (χ0n) is 15.6. The highest BCUT2D eigenvalue weighted by atomic mass is 32.2. The van der Waals surface area contributed by atoms with Gasteiger partial charge in [0.15, 0.2) is 6.10 Å². The summed E-state index contributed by atoms with van der Waals surface area (Å²) in [7, 11) is -2.36. The minimum absolute atomic E-state index is 0.0132. The highest BCUT2D eigenvalue weighted by Crippen LogP contribution is 2.22. The largest absolute Gasteiger partial charge is 0.449 e. The number of amides is 1. The molecule has 2 rings (SSSR count). The van der Waals surface area contributed by atoms with Gasteiger partial charge in [-0.1, -0.05) is 12.1 Å². The van der Waals surface area contributed by atoms with Gasteiger partial charge in [0.2, 0.25) is 0 Å². The summed E-state index contributed by atoms with van der Waals surface area (Å²) in [6.45, 7) is 5.18. The summed E-state index contributed by atoms with van der Waals surface area (Å²) in [5.74, 6) is -1.14. The average molecular weight is 390 g/mol. The van der Waals surface area contributed by atoms with E-state index < -0.39 is 28.0 Å². The summed E-state index contributed by atoms with van der Waals surface area (Å²) < 4.78 is 32.7. The van der Waals surface area contributed by atoms with Crippen LogP contribution >= 0.6 is 0 Å². The van der Waals surface area contributed by atoms with E-state index in [4.69, 9.17) is 4.74 Å². The first kappa shape index (κ1) is 20.4. The first-order chi connectivity index (χ1) is 12.7. The number of ether oxygens (including phenoxy) is 1. The molecule has 0 saturated heterocycles. The highest BCUT2D eigenvalue weighted by molar-refractivity contribution is 7.92. The summed E-state index contributed by atoms with van der Waals surface area (Å²) >= 11 is 0. The monoisotopic (exact) mass is 390 g/mol. The van der Waals surface area contributed by atoms with Crippen LogP contribution in [-0.4, -0.2) is 33.4 Å². The number of carbonyl (C=O) groups excluding carboxylic acids is 2. The highest BCUT2D eigenvalue weighted by Gasteiger charge is 2.20. The van der Waals surface area contributed by atoms with Gasteiger partial charge in [0.1, 0.15) is 0 Å². The summed E-state index contributed by atoms with van der Waals surface area (Å²) in [6.07, 6.45) is -0.947. The first-order valence-electron chi connectivity index (χ1n) is 8.27. The van der Waals surface area contributed by atoms with Crippen LogP contribution in [0.5, 0.6) is 0 Å². The second kappa shape index (κ2) is 8.22. The molecule has 2 N–H and O–H groups in total. The molecular formula is C19H22N2O5S. The van der Waals surface area contributed by atoms with Crippen molar-refractivity contribution in [2.75, 3.05) is 11.8 Å². The molecule has 1 amide bonds. The van der Waals surface area contributed by atoms with E-state index in [0.717, 1.165) is 11.1 Å². The Bertz CT molecular complexity index is 953. The van der Waals surface area contributed by atoms with Crippen LogP contribution in [0, 0.1) is 13.8 Å². The van der Waals surface area contributed by atoms with Crippen molar-refractivity contribution in [1.82, 2.24) is 5.32 Å². The predicted molar refractivity (Wildman–Crippen MR) is 102 cm³/mol. The van der Waals surface area contributed by atoms with E-state index in [0.29, 0.717) is 5.69 Å². The maximum atomic E-state index is 12.6. The van der Waals surface area contributed by atoms with Crippen molar-refractivity contribution >= 4 is 27.6 Å². The Morgan fingerprint density at radius 3 is 2.26 bits per heavy atom. The molecule has 2 aromatic rings. The minimum Gasteiger partial charge on any atom is -0.449 e. The molecule has 0 spiro atoms. The summed E-state index contributed by atoms with van der Waals surface area (Å²) in [4.78, 5) is 23.5. The molecule has 8 heteroatoms. The Hall–Kier alpha value is -2.87. The zero-order valence-corrected chi connectivity index (χ0v) is 16.4. The van der Waals surface area contributed by atoms with Crippen molar-refractivity contribution < 1.29 is 22.7 Å². The third kappa shape index (κ3) is 4.85. The lowest BCUT2D eigenvalue weighted by molar-refractivity contribution is -0.128. The Kier molecular flexibility index (Phi) is 6.22. The molecule has 0 fully saturated rings. The van der Waals surface area contributed by atoms with Crippen LogP contribution < -0.4 is 10.0 Å². The number of carbonyl (C=O) groups is 2. The third-order valence-corrected chi connectivity index (χ3v) is 5.53. The van der Waals surface area contributed by atoms with Crippen molar-refractivity contribution in [1.29, 1.82) is 0 Å². The number of benzene rings is 2. The number of sulfonamides is 1. The van der Waals surface area contributed by atoms with Gasteiger partial charge >= 0.3 is 5.97 Å². The van der Waals surface area contributed by atoms with Gasteiger partial charge in [0.25, 0.3) is 15.9 Å². The van der Waals surface area contributed by atoms with Crippen molar-refractivity contribution in [3.05, 3.63) is 59.2 Å². The standard InChI is InChI=1S/C19H22N2O5S/c1-12-6-5-7-17(13(12)2)21-27(24,25)16-10-8-15(9-11-16)19(23)26-14(3)18(22)20-4/h5-11,14,21H,1-4H3,(H,20,22)/t14-/m0/s1. The van der Waals surface area contributed by atoms with E-state index in [1.54, 1.807) is 12.1 Å². The Labute approximate surface area is 158 Å². The molecule has 144 valence electrons. The number of nitrogens with one attached hydrogen (secondary N) is 2. The summed E-state index contributed by atoms with van der Waals surface area (Å²) in [5.41, 5.74) is 2.46. The van der Waals surface area contributed by atoms with E-state index in [1.165, 1.54) is 38.2 Å². The van der Waals surface area contributed by atoms with E-state index in [2.05, 4.69) is 10.0 Å². The van der Waals surface area contributed by atoms with Gasteiger partial charge in [-0.15, -0.1) is 0 Å². The molecule has 0 heterocycles. The zero-order chi connectivity index (χ0) is 20.2. The lowest BCUT2D eigenvalue weighted by Gasteiger charge is -2.13. The molecule has 0 aromatic heterocycles. The number of likely N-dealkylation sites (N-methyl/N-ethyl adjacent to an activating group) is 1. The SMILES string of the molecule is CNC(=O)[C@H](C)OC(=O)c1ccc(S(=O)(=O)Nc2cccc(C)c2C)cc1. The molecule has 0 bridgehead atoms. The van der Waals surface area contributed by atoms with Gasteiger partial charge in [-0.3, -0.25) is 9.52 Å². The van der Waals surface area contributed by atoms with Crippen molar-refractivity contribution in [3.63, 3.8) is 0 Å². The molecule has 2 aromatic carbocycles. The van der Waals surface area contributed by atoms with Gasteiger partial charge < -0.3 is 10.1 Å². The second-order valence-corrected chi connectivity index (χ2v) is 7.72. The van der Waals surface area contributed by atoms with Gasteiger partial charge in [0, 0.05) is 7.05 Å². The smallest absolute Gasteiger partial charge is 0.338 e. The molecule has 7 nitrogen and oxygen atoms in total. The minimum atomic E-state index is -3.80. The van der Waals surface area contributed by atoms with Crippen molar-refractivity contribution in [3.8, 4) is 0 Å². The molecule has 27 heavy (non-hydrogen) atoms. The number of esters is 1. The van der Waals surface area contributed by atoms with Crippen molar-refractivity contribution in [2.45, 2.75) is 31.8 Å². The van der Waals surface area contributed by atoms with E-state index >= 15 is 0 Å². The van der Waals surface area contributed by atoms with Gasteiger partial charge in [0.05, 0.1) is 16.1 Å². The molecule has 0 aliphatic heterocycles. The first-order valence-corrected chi connectivity index (χ1v) is 9.75. The molecule has 1 atom stereocenters. The number of hydrogen-bond acceptors (Lipinski definition) is 5. The van der Waals surface area contributed by atoms with Crippen LogP contribution in [0.4, 0.5) is 5.69 Å². The van der Waals surface area contributed by atoms with Crippen LogP contribution in [-0.2, 0) is 19.6 Å². The lowest BCUT2D eigenvalue weighted by Crippen LogP contribution is -2.33. The maximum absolute atomic E-state index is 12.6. The van der Waals surface area contributed by atoms with Gasteiger partial charge in [-0.05, 0) is 62.2 Å². The number of hydrogen-bond donors (Lipinski definition) is 2. The summed E-state index contributed by atoms with van der Waals surface area (Å²) in [6, 6.07) is 10.7. The third-order valence-electron chi connectivity index (χ3n) is 4.15. The second-order valence-electron chi connectivity index (χ2n) is 6.04. The van der Waals surface area contributed by atoms with Crippen LogP contribution in [0.1, 0.15) is 28.4 Å². The van der Waals surface area contributed by atoms with E-state index in [9.17, 15) is 18.0 Å².